The molecular formula is C15H12FIO3. The number of carbonyl (C=O) groups excluding carboxylic acids is 1. The van der Waals surface area contributed by atoms with Crippen molar-refractivity contribution in [3.05, 3.63) is 57.4 Å². The zero-order valence-electron chi connectivity index (χ0n) is 10.7. The normalized spacial score (nSPS) is 10.2. The molecule has 0 amide bonds. The molecule has 0 aromatic heterocycles. The van der Waals surface area contributed by atoms with Crippen LogP contribution in [0.4, 0.5) is 4.39 Å². The van der Waals surface area contributed by atoms with E-state index >= 15 is 0 Å². The van der Waals surface area contributed by atoms with E-state index in [1.54, 1.807) is 12.1 Å². The first-order chi connectivity index (χ1) is 9.60. The van der Waals surface area contributed by atoms with Gasteiger partial charge in [-0.1, -0.05) is 0 Å². The molecule has 2 rings (SSSR count). The summed E-state index contributed by atoms with van der Waals surface area (Å²) >= 11 is 2.18. The van der Waals surface area contributed by atoms with Crippen LogP contribution in [0.5, 0.6) is 11.5 Å². The Morgan fingerprint density at radius 1 is 1.20 bits per heavy atom. The molecule has 0 unspecified atom stereocenters. The van der Waals surface area contributed by atoms with Gasteiger partial charge in [0.2, 0.25) is 0 Å². The van der Waals surface area contributed by atoms with E-state index in [4.69, 9.17) is 9.47 Å². The molecule has 0 aliphatic carbocycles. The first-order valence-corrected chi connectivity index (χ1v) is 6.93. The molecule has 104 valence electrons. The molecule has 2 aromatic rings. The van der Waals surface area contributed by atoms with E-state index in [2.05, 4.69) is 22.6 Å². The summed E-state index contributed by atoms with van der Waals surface area (Å²) in [4.78, 5) is 11.9. The average Bonchev–Trinajstić information content (AvgIpc) is 2.46. The Kier molecular flexibility index (Phi) is 4.94. The maximum atomic E-state index is 13.5. The molecular weight excluding hydrogens is 374 g/mol. The molecule has 0 bridgehead atoms. The van der Waals surface area contributed by atoms with Gasteiger partial charge < -0.3 is 9.47 Å². The minimum atomic E-state index is -0.562. The van der Waals surface area contributed by atoms with Gasteiger partial charge in [0.05, 0.1) is 7.11 Å². The highest BCUT2D eigenvalue weighted by molar-refractivity contribution is 14.1. The van der Waals surface area contributed by atoms with Crippen molar-refractivity contribution in [2.75, 3.05) is 13.7 Å². The zero-order valence-corrected chi connectivity index (χ0v) is 12.9. The minimum absolute atomic E-state index is 0.111. The number of halogens is 2. The highest BCUT2D eigenvalue weighted by Gasteiger charge is 2.11. The summed E-state index contributed by atoms with van der Waals surface area (Å²) in [5.74, 6) is -0.134. The van der Waals surface area contributed by atoms with Gasteiger partial charge in [0, 0.05) is 9.13 Å². The fraction of sp³-hybridized carbons (Fsp3) is 0.133. The number of methoxy groups -OCH3 is 1. The number of ether oxygens (including phenoxy) is 2. The number of carbonyl (C=O) groups is 1. The Labute approximate surface area is 129 Å². The molecule has 5 heteroatoms. The van der Waals surface area contributed by atoms with E-state index in [-0.39, 0.29) is 23.7 Å². The summed E-state index contributed by atoms with van der Waals surface area (Å²) in [6, 6.07) is 11.4. The van der Waals surface area contributed by atoms with Crippen LogP contribution in [0, 0.1) is 9.39 Å². The van der Waals surface area contributed by atoms with Crippen molar-refractivity contribution < 1.29 is 18.7 Å². The van der Waals surface area contributed by atoms with Crippen LogP contribution in [-0.4, -0.2) is 19.5 Å². The summed E-state index contributed by atoms with van der Waals surface area (Å²) in [5.41, 5.74) is 0.258. The zero-order chi connectivity index (χ0) is 14.5. The van der Waals surface area contributed by atoms with Gasteiger partial charge in [-0.15, -0.1) is 0 Å². The third-order valence-electron chi connectivity index (χ3n) is 2.66. The lowest BCUT2D eigenvalue weighted by atomic mass is 10.1. The van der Waals surface area contributed by atoms with Crippen LogP contribution in [0.1, 0.15) is 10.4 Å². The van der Waals surface area contributed by atoms with Crippen molar-refractivity contribution in [3.63, 3.8) is 0 Å². The van der Waals surface area contributed by atoms with E-state index in [1.807, 2.05) is 12.1 Å². The topological polar surface area (TPSA) is 35.5 Å². The molecule has 0 saturated carbocycles. The molecule has 0 heterocycles. The third-order valence-corrected chi connectivity index (χ3v) is 3.38. The first-order valence-electron chi connectivity index (χ1n) is 5.85. The molecule has 0 aliphatic rings. The largest absolute Gasteiger partial charge is 0.494 e. The van der Waals surface area contributed by atoms with Crippen molar-refractivity contribution in [1.82, 2.24) is 0 Å². The lowest BCUT2D eigenvalue weighted by Crippen LogP contribution is -2.12. The predicted octanol–water partition coefficient (Wildman–Crippen LogP) is 3.70. The molecule has 0 saturated heterocycles. The SMILES string of the molecule is COc1ccc(C(=O)COc2ccc(I)cc2)cc1F. The van der Waals surface area contributed by atoms with E-state index in [9.17, 15) is 9.18 Å². The Hall–Kier alpha value is -1.63. The summed E-state index contributed by atoms with van der Waals surface area (Å²) in [6.07, 6.45) is 0. The van der Waals surface area contributed by atoms with Gasteiger partial charge in [0.15, 0.2) is 24.0 Å². The Morgan fingerprint density at radius 3 is 2.50 bits per heavy atom. The van der Waals surface area contributed by atoms with E-state index in [0.29, 0.717) is 5.75 Å². The molecule has 0 spiro atoms. The molecule has 0 aliphatic heterocycles. The third kappa shape index (κ3) is 3.69. The second kappa shape index (κ2) is 6.69. The predicted molar refractivity (Wildman–Crippen MR) is 81.9 cm³/mol. The van der Waals surface area contributed by atoms with Crippen LogP contribution < -0.4 is 9.47 Å². The number of hydrogen-bond donors (Lipinski definition) is 0. The molecule has 0 radical (unpaired) electrons. The minimum Gasteiger partial charge on any atom is -0.494 e. The van der Waals surface area contributed by atoms with Crippen molar-refractivity contribution in [2.45, 2.75) is 0 Å². The lowest BCUT2D eigenvalue weighted by molar-refractivity contribution is 0.0921. The highest BCUT2D eigenvalue weighted by atomic mass is 127. The van der Waals surface area contributed by atoms with E-state index < -0.39 is 5.82 Å². The molecule has 2 aromatic carbocycles. The van der Waals surface area contributed by atoms with Crippen LogP contribution in [-0.2, 0) is 0 Å². The Balaban J connectivity index is 2.01. The quantitative estimate of drug-likeness (QED) is 0.581. The van der Waals surface area contributed by atoms with Gasteiger partial charge in [-0.05, 0) is 65.1 Å². The number of hydrogen-bond acceptors (Lipinski definition) is 3. The van der Waals surface area contributed by atoms with Gasteiger partial charge in [-0.2, -0.15) is 0 Å². The van der Waals surface area contributed by atoms with Crippen molar-refractivity contribution in [2.24, 2.45) is 0 Å². The smallest absolute Gasteiger partial charge is 0.200 e. The van der Waals surface area contributed by atoms with Gasteiger partial charge in [-0.3, -0.25) is 4.79 Å². The van der Waals surface area contributed by atoms with Crippen molar-refractivity contribution >= 4 is 28.4 Å². The second-order valence-electron chi connectivity index (χ2n) is 4.02. The number of ketones is 1. The van der Waals surface area contributed by atoms with Crippen LogP contribution in [0.2, 0.25) is 0 Å². The second-order valence-corrected chi connectivity index (χ2v) is 5.26. The summed E-state index contributed by atoms with van der Waals surface area (Å²) < 4.78 is 24.8. The molecule has 0 N–H and O–H groups in total. The van der Waals surface area contributed by atoms with Crippen LogP contribution in [0.15, 0.2) is 42.5 Å². The summed E-state index contributed by atoms with van der Waals surface area (Å²) in [6.45, 7) is -0.133. The molecule has 0 atom stereocenters. The first kappa shape index (κ1) is 14.8. The standard InChI is InChI=1S/C15H12FIO3/c1-19-15-7-2-10(8-13(15)16)14(18)9-20-12-5-3-11(17)4-6-12/h2-8H,9H2,1H3. The fourth-order valence-electron chi connectivity index (χ4n) is 1.60. The fourth-order valence-corrected chi connectivity index (χ4v) is 1.96. The lowest BCUT2D eigenvalue weighted by Gasteiger charge is -2.07. The van der Waals surface area contributed by atoms with E-state index in [1.165, 1.54) is 19.2 Å². The van der Waals surface area contributed by atoms with E-state index in [0.717, 1.165) is 9.64 Å². The van der Waals surface area contributed by atoms with Gasteiger partial charge in [0.25, 0.3) is 0 Å². The van der Waals surface area contributed by atoms with Crippen molar-refractivity contribution in [3.8, 4) is 11.5 Å². The van der Waals surface area contributed by atoms with Gasteiger partial charge in [0.1, 0.15) is 5.75 Å². The monoisotopic (exact) mass is 386 g/mol. The maximum Gasteiger partial charge on any atom is 0.200 e. The van der Waals surface area contributed by atoms with Crippen LogP contribution in [0.3, 0.4) is 0 Å². The van der Waals surface area contributed by atoms with Gasteiger partial charge >= 0.3 is 0 Å². The van der Waals surface area contributed by atoms with Crippen LogP contribution >= 0.6 is 22.6 Å². The summed E-state index contributed by atoms with van der Waals surface area (Å²) in [5, 5.41) is 0. The van der Waals surface area contributed by atoms with Crippen molar-refractivity contribution in [1.29, 1.82) is 0 Å². The maximum absolute atomic E-state index is 13.5. The molecule has 0 fully saturated rings. The summed E-state index contributed by atoms with van der Waals surface area (Å²) in [7, 11) is 1.37. The Bertz CT molecular complexity index is 611. The number of rotatable bonds is 5. The molecule has 3 nitrogen and oxygen atoms in total. The average molecular weight is 386 g/mol. The van der Waals surface area contributed by atoms with Gasteiger partial charge in [-0.25, -0.2) is 4.39 Å². The highest BCUT2D eigenvalue weighted by Crippen LogP contribution is 2.18. The number of Topliss-reactive ketones (excluding diaryl/α,β-unsaturated/α-hetero) is 1. The Morgan fingerprint density at radius 2 is 1.90 bits per heavy atom. The van der Waals surface area contributed by atoms with Crippen LogP contribution in [0.25, 0.3) is 0 Å². The molecule has 20 heavy (non-hydrogen) atoms. The number of benzene rings is 2.